The van der Waals surface area contributed by atoms with Crippen LogP contribution in [0.3, 0.4) is 0 Å². The average molecular weight is 309 g/mol. The van der Waals surface area contributed by atoms with Gasteiger partial charge in [0.15, 0.2) is 0 Å². The minimum atomic E-state index is -0.0771. The Morgan fingerprint density at radius 3 is 2.91 bits per heavy atom. The predicted octanol–water partition coefficient (Wildman–Crippen LogP) is 2.85. The van der Waals surface area contributed by atoms with Gasteiger partial charge in [0.1, 0.15) is 5.75 Å². The molecule has 2 N–H and O–H groups in total. The van der Waals surface area contributed by atoms with Crippen molar-refractivity contribution in [2.45, 2.75) is 13.3 Å². The molecule has 3 aromatic rings. The molecule has 0 atom stereocenters. The van der Waals surface area contributed by atoms with Gasteiger partial charge in [-0.05, 0) is 48.7 Å². The third-order valence-electron chi connectivity index (χ3n) is 3.84. The fourth-order valence-corrected chi connectivity index (χ4v) is 2.60. The zero-order chi connectivity index (χ0) is 16.2. The second-order valence-electron chi connectivity index (χ2n) is 5.44. The highest BCUT2D eigenvalue weighted by atomic mass is 16.5. The summed E-state index contributed by atoms with van der Waals surface area (Å²) in [6.07, 6.45) is 2.40. The fourth-order valence-electron chi connectivity index (χ4n) is 2.60. The molecule has 5 nitrogen and oxygen atoms in total. The molecule has 3 rings (SSSR count). The first kappa shape index (κ1) is 15.1. The van der Waals surface area contributed by atoms with Gasteiger partial charge in [0.05, 0.1) is 24.5 Å². The molecule has 1 aromatic heterocycles. The van der Waals surface area contributed by atoms with Crippen LogP contribution in [0.25, 0.3) is 11.0 Å². The van der Waals surface area contributed by atoms with E-state index < -0.39 is 0 Å². The molecule has 118 valence electrons. The second kappa shape index (κ2) is 6.52. The van der Waals surface area contributed by atoms with E-state index in [1.54, 1.807) is 19.5 Å². The standard InChI is InChI=1S/C18H19N3O2/c1-12-9-13(3-6-17(12)23-2)7-8-19-18(22)14-4-5-15-16(10-14)21-11-20-15/h3-6,9-11H,7-8H2,1-2H3,(H,19,22)(H,20,21). The van der Waals surface area contributed by atoms with Crippen molar-refractivity contribution < 1.29 is 9.53 Å². The van der Waals surface area contributed by atoms with Crippen LogP contribution in [0.15, 0.2) is 42.7 Å². The summed E-state index contributed by atoms with van der Waals surface area (Å²) in [5.74, 6) is 0.803. The summed E-state index contributed by atoms with van der Waals surface area (Å²) in [5.41, 5.74) is 4.62. The molecule has 0 spiro atoms. The van der Waals surface area contributed by atoms with Gasteiger partial charge in [-0.25, -0.2) is 4.98 Å². The number of rotatable bonds is 5. The Labute approximate surface area is 134 Å². The van der Waals surface area contributed by atoms with Crippen LogP contribution >= 0.6 is 0 Å². The van der Waals surface area contributed by atoms with E-state index in [9.17, 15) is 4.79 Å². The minimum Gasteiger partial charge on any atom is -0.496 e. The molecule has 0 bridgehead atoms. The molecule has 0 fully saturated rings. The van der Waals surface area contributed by atoms with E-state index in [2.05, 4.69) is 21.4 Å². The Morgan fingerprint density at radius 2 is 2.13 bits per heavy atom. The van der Waals surface area contributed by atoms with E-state index in [-0.39, 0.29) is 5.91 Å². The molecule has 0 saturated heterocycles. The van der Waals surface area contributed by atoms with Gasteiger partial charge in [-0.1, -0.05) is 12.1 Å². The number of aromatic amines is 1. The van der Waals surface area contributed by atoms with Gasteiger partial charge in [0.2, 0.25) is 0 Å². The van der Waals surface area contributed by atoms with E-state index in [0.717, 1.165) is 28.8 Å². The Morgan fingerprint density at radius 1 is 1.26 bits per heavy atom. The summed E-state index contributed by atoms with van der Waals surface area (Å²) >= 11 is 0. The average Bonchev–Trinajstić information content (AvgIpc) is 3.02. The quantitative estimate of drug-likeness (QED) is 0.761. The van der Waals surface area contributed by atoms with E-state index in [4.69, 9.17) is 4.74 Å². The maximum absolute atomic E-state index is 12.2. The lowest BCUT2D eigenvalue weighted by Gasteiger charge is -2.08. The van der Waals surface area contributed by atoms with Crippen molar-refractivity contribution in [3.8, 4) is 5.75 Å². The van der Waals surface area contributed by atoms with E-state index >= 15 is 0 Å². The van der Waals surface area contributed by atoms with Crippen LogP contribution in [0.5, 0.6) is 5.75 Å². The Kier molecular flexibility index (Phi) is 4.28. The van der Waals surface area contributed by atoms with Crippen molar-refractivity contribution >= 4 is 16.9 Å². The lowest BCUT2D eigenvalue weighted by molar-refractivity contribution is 0.0954. The van der Waals surface area contributed by atoms with Gasteiger partial charge in [-0.3, -0.25) is 4.79 Å². The number of nitrogens with zero attached hydrogens (tertiary/aromatic N) is 1. The first-order valence-electron chi connectivity index (χ1n) is 7.52. The zero-order valence-electron chi connectivity index (χ0n) is 13.2. The van der Waals surface area contributed by atoms with Gasteiger partial charge in [0, 0.05) is 12.1 Å². The number of aromatic nitrogens is 2. The van der Waals surface area contributed by atoms with Crippen LogP contribution in [0, 0.1) is 6.92 Å². The smallest absolute Gasteiger partial charge is 0.251 e. The fraction of sp³-hybridized carbons (Fsp3) is 0.222. The number of fused-ring (bicyclic) bond motifs is 1. The monoisotopic (exact) mass is 309 g/mol. The summed E-state index contributed by atoms with van der Waals surface area (Å²) < 4.78 is 5.25. The van der Waals surface area contributed by atoms with Crippen molar-refractivity contribution in [3.63, 3.8) is 0 Å². The third kappa shape index (κ3) is 3.34. The topological polar surface area (TPSA) is 67.0 Å². The van der Waals surface area contributed by atoms with E-state index in [1.165, 1.54) is 5.56 Å². The maximum atomic E-state index is 12.2. The number of carbonyl (C=O) groups excluding carboxylic acids is 1. The van der Waals surface area contributed by atoms with Gasteiger partial charge < -0.3 is 15.0 Å². The number of hydrogen-bond acceptors (Lipinski definition) is 3. The molecule has 1 heterocycles. The Bertz CT molecular complexity index is 839. The molecule has 2 aromatic carbocycles. The highest BCUT2D eigenvalue weighted by Crippen LogP contribution is 2.18. The molecule has 0 radical (unpaired) electrons. The van der Waals surface area contributed by atoms with Crippen LogP contribution in [-0.4, -0.2) is 29.5 Å². The molecule has 0 aliphatic carbocycles. The molecular formula is C18H19N3O2. The van der Waals surface area contributed by atoms with Crippen LogP contribution in [0.1, 0.15) is 21.5 Å². The Hall–Kier alpha value is -2.82. The van der Waals surface area contributed by atoms with Crippen LogP contribution in [-0.2, 0) is 6.42 Å². The number of nitrogens with one attached hydrogen (secondary N) is 2. The second-order valence-corrected chi connectivity index (χ2v) is 5.44. The molecular weight excluding hydrogens is 290 g/mol. The van der Waals surface area contributed by atoms with Gasteiger partial charge in [0.25, 0.3) is 5.91 Å². The molecule has 0 unspecified atom stereocenters. The zero-order valence-corrected chi connectivity index (χ0v) is 13.2. The van der Waals surface area contributed by atoms with E-state index in [0.29, 0.717) is 12.1 Å². The van der Waals surface area contributed by atoms with Crippen molar-refractivity contribution in [2.75, 3.05) is 13.7 Å². The highest BCUT2D eigenvalue weighted by Gasteiger charge is 2.07. The largest absolute Gasteiger partial charge is 0.496 e. The number of H-pyrrole nitrogens is 1. The van der Waals surface area contributed by atoms with Crippen molar-refractivity contribution in [2.24, 2.45) is 0 Å². The van der Waals surface area contributed by atoms with Gasteiger partial charge in [-0.15, -0.1) is 0 Å². The number of benzene rings is 2. The lowest BCUT2D eigenvalue weighted by atomic mass is 10.1. The van der Waals surface area contributed by atoms with Crippen molar-refractivity contribution in [3.05, 3.63) is 59.4 Å². The van der Waals surface area contributed by atoms with Crippen molar-refractivity contribution in [1.29, 1.82) is 0 Å². The summed E-state index contributed by atoms with van der Waals surface area (Å²) in [4.78, 5) is 19.4. The molecule has 23 heavy (non-hydrogen) atoms. The van der Waals surface area contributed by atoms with Crippen LogP contribution in [0.2, 0.25) is 0 Å². The van der Waals surface area contributed by atoms with Crippen molar-refractivity contribution in [1.82, 2.24) is 15.3 Å². The number of imidazole rings is 1. The SMILES string of the molecule is COc1ccc(CCNC(=O)c2ccc3nc[nH]c3c2)cc1C. The summed E-state index contributed by atoms with van der Waals surface area (Å²) in [7, 11) is 1.67. The maximum Gasteiger partial charge on any atom is 0.251 e. The van der Waals surface area contributed by atoms with Gasteiger partial charge >= 0.3 is 0 Å². The summed E-state index contributed by atoms with van der Waals surface area (Å²) in [5, 5.41) is 2.95. The number of methoxy groups -OCH3 is 1. The summed E-state index contributed by atoms with van der Waals surface area (Å²) in [6.45, 7) is 2.60. The normalized spacial score (nSPS) is 10.7. The number of aryl methyl sites for hydroxylation is 1. The minimum absolute atomic E-state index is 0.0771. The third-order valence-corrected chi connectivity index (χ3v) is 3.84. The molecule has 5 heteroatoms. The summed E-state index contributed by atoms with van der Waals surface area (Å²) in [6, 6.07) is 11.5. The number of amides is 1. The number of ether oxygens (including phenoxy) is 1. The number of carbonyl (C=O) groups is 1. The van der Waals surface area contributed by atoms with Gasteiger partial charge in [-0.2, -0.15) is 0 Å². The lowest BCUT2D eigenvalue weighted by Crippen LogP contribution is -2.25. The molecule has 0 saturated carbocycles. The number of hydrogen-bond donors (Lipinski definition) is 2. The molecule has 0 aliphatic heterocycles. The molecule has 0 aliphatic rings. The van der Waals surface area contributed by atoms with Crippen LogP contribution < -0.4 is 10.1 Å². The Balaban J connectivity index is 1.59. The molecule has 1 amide bonds. The predicted molar refractivity (Wildman–Crippen MR) is 89.9 cm³/mol. The first-order valence-corrected chi connectivity index (χ1v) is 7.52. The first-order chi connectivity index (χ1) is 11.2. The van der Waals surface area contributed by atoms with Crippen LogP contribution in [0.4, 0.5) is 0 Å². The highest BCUT2D eigenvalue weighted by molar-refractivity contribution is 5.97. The van der Waals surface area contributed by atoms with E-state index in [1.807, 2.05) is 31.2 Å².